The van der Waals surface area contributed by atoms with Gasteiger partial charge < -0.3 is 34.6 Å². The molecule has 2 aromatic carbocycles. The summed E-state index contributed by atoms with van der Waals surface area (Å²) >= 11 is 6.67. The predicted octanol–water partition coefficient (Wildman–Crippen LogP) is 1.45. The van der Waals surface area contributed by atoms with Gasteiger partial charge in [0, 0.05) is 25.0 Å². The van der Waals surface area contributed by atoms with E-state index in [1.54, 1.807) is 18.2 Å². The Labute approximate surface area is 195 Å². The van der Waals surface area contributed by atoms with Crippen molar-refractivity contribution >= 4 is 11.6 Å². The highest BCUT2D eigenvalue weighted by Gasteiger charge is 2.46. The number of rotatable bonds is 6. The van der Waals surface area contributed by atoms with Crippen molar-refractivity contribution in [3.8, 4) is 5.75 Å². The van der Waals surface area contributed by atoms with E-state index in [9.17, 15) is 20.4 Å². The van der Waals surface area contributed by atoms with Crippen LogP contribution in [-0.2, 0) is 25.0 Å². The summed E-state index contributed by atoms with van der Waals surface area (Å²) in [6, 6.07) is 14.8. The molecule has 2 aliphatic rings. The van der Waals surface area contributed by atoms with Gasteiger partial charge in [-0.05, 0) is 11.6 Å². The lowest BCUT2D eigenvalue weighted by Gasteiger charge is -2.40. The van der Waals surface area contributed by atoms with E-state index in [4.69, 9.17) is 35.6 Å². The lowest BCUT2D eigenvalue weighted by molar-refractivity contribution is -0.457. The highest BCUT2D eigenvalue weighted by Crippen LogP contribution is 2.46. The molecule has 2 saturated heterocycles. The molecule has 0 saturated carbocycles. The van der Waals surface area contributed by atoms with Crippen LogP contribution in [0, 0.1) is 0 Å². The molecular formula is C23H27ClO9. The van der Waals surface area contributed by atoms with Crippen LogP contribution >= 0.6 is 11.6 Å². The van der Waals surface area contributed by atoms with E-state index in [-0.39, 0.29) is 16.7 Å². The fourth-order valence-electron chi connectivity index (χ4n) is 4.14. The zero-order chi connectivity index (χ0) is 23.6. The number of methoxy groups -OCH3 is 1. The minimum absolute atomic E-state index is 0.0222. The number of hydrogen-bond acceptors (Lipinski definition) is 9. The van der Waals surface area contributed by atoms with Gasteiger partial charge in [-0.25, -0.2) is 4.89 Å². The van der Waals surface area contributed by atoms with E-state index in [0.717, 1.165) is 5.56 Å². The van der Waals surface area contributed by atoms with Crippen LogP contribution in [0.5, 0.6) is 5.75 Å². The van der Waals surface area contributed by atoms with E-state index >= 15 is 0 Å². The molecule has 0 amide bonds. The number of hydrogen-bond donors (Lipinski definition) is 4. The summed E-state index contributed by atoms with van der Waals surface area (Å²) in [6.45, 7) is -0.231. The molecule has 4 N–H and O–H groups in total. The molecule has 33 heavy (non-hydrogen) atoms. The second kappa shape index (κ2) is 10.2. The molecule has 0 spiro atoms. The Balaban J connectivity index is 1.60. The summed E-state index contributed by atoms with van der Waals surface area (Å²) in [5.74, 6) is -1.23. The normalized spacial score (nSPS) is 34.7. The van der Waals surface area contributed by atoms with E-state index in [0.29, 0.717) is 18.6 Å². The average molecular weight is 483 g/mol. The largest absolute Gasteiger partial charge is 0.460 e. The van der Waals surface area contributed by atoms with Crippen LogP contribution in [0.4, 0.5) is 0 Å². The van der Waals surface area contributed by atoms with E-state index < -0.39 is 43.1 Å². The minimum atomic E-state index is -1.57. The maximum absolute atomic E-state index is 10.3. The van der Waals surface area contributed by atoms with Crippen LogP contribution in [0.2, 0.25) is 5.02 Å². The van der Waals surface area contributed by atoms with Crippen molar-refractivity contribution in [3.63, 3.8) is 0 Å². The Kier molecular flexibility index (Phi) is 7.54. The Morgan fingerprint density at radius 1 is 1.03 bits per heavy atom. The van der Waals surface area contributed by atoms with Crippen LogP contribution in [-0.4, -0.2) is 71.5 Å². The van der Waals surface area contributed by atoms with Crippen molar-refractivity contribution in [2.75, 3.05) is 20.3 Å². The second-order valence-electron chi connectivity index (χ2n) is 8.07. The van der Waals surface area contributed by atoms with Crippen LogP contribution in [0.3, 0.4) is 0 Å². The molecule has 9 nitrogen and oxygen atoms in total. The van der Waals surface area contributed by atoms with Gasteiger partial charge in [-0.2, -0.15) is 4.89 Å². The van der Waals surface area contributed by atoms with Gasteiger partial charge in [0.05, 0.1) is 18.2 Å². The van der Waals surface area contributed by atoms with Gasteiger partial charge in [0.15, 0.2) is 0 Å². The first-order chi connectivity index (χ1) is 15.9. The highest BCUT2D eigenvalue weighted by atomic mass is 35.5. The summed E-state index contributed by atoms with van der Waals surface area (Å²) in [7, 11) is 1.48. The maximum atomic E-state index is 10.3. The van der Waals surface area contributed by atoms with Gasteiger partial charge in [-0.3, -0.25) is 0 Å². The average Bonchev–Trinajstić information content (AvgIpc) is 2.86. The first kappa shape index (κ1) is 24.3. The minimum Gasteiger partial charge on any atom is -0.460 e. The molecule has 2 heterocycles. The van der Waals surface area contributed by atoms with E-state index in [1.165, 1.54) is 7.11 Å². The Hall–Kier alpha value is -1.79. The number of aliphatic hydroxyl groups is 4. The summed E-state index contributed by atoms with van der Waals surface area (Å²) in [6.07, 6.45) is -6.72. The molecular weight excluding hydrogens is 456 g/mol. The van der Waals surface area contributed by atoms with Crippen molar-refractivity contribution in [2.24, 2.45) is 0 Å². The van der Waals surface area contributed by atoms with Gasteiger partial charge in [0.1, 0.15) is 30.2 Å². The summed E-state index contributed by atoms with van der Waals surface area (Å²) in [5.41, 5.74) is 1.50. The molecule has 2 fully saturated rings. The smallest absolute Gasteiger partial charge is 0.229 e. The predicted molar refractivity (Wildman–Crippen MR) is 115 cm³/mol. The summed E-state index contributed by atoms with van der Waals surface area (Å²) in [4.78, 5) is 11.1. The maximum Gasteiger partial charge on any atom is 0.229 e. The zero-order valence-corrected chi connectivity index (χ0v) is 18.7. The highest BCUT2D eigenvalue weighted by molar-refractivity contribution is 6.32. The second-order valence-corrected chi connectivity index (χ2v) is 8.45. The van der Waals surface area contributed by atoms with Gasteiger partial charge in [-0.15, -0.1) is 0 Å². The third-order valence-corrected chi connectivity index (χ3v) is 6.43. The Morgan fingerprint density at radius 3 is 2.48 bits per heavy atom. The van der Waals surface area contributed by atoms with Crippen molar-refractivity contribution in [1.29, 1.82) is 0 Å². The van der Waals surface area contributed by atoms with Crippen LogP contribution in [0.1, 0.15) is 23.5 Å². The van der Waals surface area contributed by atoms with Gasteiger partial charge in [0.25, 0.3) is 0 Å². The molecule has 2 aromatic rings. The number of ether oxygens (including phenoxy) is 3. The topological polar surface area (TPSA) is 127 Å². The molecule has 0 aliphatic carbocycles. The standard InChI is InChI=1S/C23H27ClO9/c1-29-23(10-14(12-30-33-23)13-6-3-2-4-7-13)15-8-5-9-16(18(15)24)31-22-21(28)20(27)19(26)17(11-25)32-22/h2-9,14,17,19-22,25-28H,10-12H2,1H3/t14?,17?,19-,20?,21?,22+,23?/m0/s1. The van der Waals surface area contributed by atoms with Crippen molar-refractivity contribution in [2.45, 2.75) is 48.8 Å². The Morgan fingerprint density at radius 2 is 1.79 bits per heavy atom. The molecule has 7 atom stereocenters. The Bertz CT molecular complexity index is 927. The van der Waals surface area contributed by atoms with Gasteiger partial charge >= 0.3 is 0 Å². The van der Waals surface area contributed by atoms with Crippen LogP contribution in [0.25, 0.3) is 0 Å². The molecule has 0 radical (unpaired) electrons. The monoisotopic (exact) mass is 482 g/mol. The molecule has 4 rings (SSSR count). The molecule has 5 unspecified atom stereocenters. The lowest BCUT2D eigenvalue weighted by Crippen LogP contribution is -2.60. The molecule has 2 aliphatic heterocycles. The lowest BCUT2D eigenvalue weighted by atomic mass is 9.88. The third kappa shape index (κ3) is 4.74. The number of benzene rings is 2. The summed E-state index contributed by atoms with van der Waals surface area (Å²) < 4.78 is 16.9. The first-order valence-corrected chi connectivity index (χ1v) is 10.9. The van der Waals surface area contributed by atoms with Crippen LogP contribution in [0.15, 0.2) is 48.5 Å². The fraction of sp³-hybridized carbons (Fsp3) is 0.478. The van der Waals surface area contributed by atoms with E-state index in [1.807, 2.05) is 30.3 Å². The first-order valence-electron chi connectivity index (χ1n) is 10.6. The van der Waals surface area contributed by atoms with Crippen LogP contribution < -0.4 is 4.74 Å². The molecule has 0 bridgehead atoms. The quantitative estimate of drug-likeness (QED) is 0.452. The zero-order valence-electron chi connectivity index (χ0n) is 17.9. The van der Waals surface area contributed by atoms with Crippen molar-refractivity contribution in [3.05, 3.63) is 64.7 Å². The van der Waals surface area contributed by atoms with Crippen molar-refractivity contribution < 1.29 is 44.4 Å². The van der Waals surface area contributed by atoms with E-state index in [2.05, 4.69) is 0 Å². The van der Waals surface area contributed by atoms with Crippen molar-refractivity contribution in [1.82, 2.24) is 0 Å². The van der Waals surface area contributed by atoms with Gasteiger partial charge in [-0.1, -0.05) is 54.1 Å². The fourth-order valence-corrected chi connectivity index (χ4v) is 4.45. The molecule has 10 heteroatoms. The summed E-state index contributed by atoms with van der Waals surface area (Å²) in [5, 5.41) is 39.8. The third-order valence-electron chi connectivity index (χ3n) is 6.04. The SMILES string of the molecule is COC1(c2cccc(O[C@@H]3OC(CO)[C@H](O)C(O)C3O)c2Cl)CC(c2ccccc2)COO1. The molecule has 0 aromatic heterocycles. The number of halogens is 1. The van der Waals surface area contributed by atoms with Gasteiger partial charge in [0.2, 0.25) is 12.1 Å². The molecule has 180 valence electrons. The number of aliphatic hydroxyl groups excluding tert-OH is 4.